The van der Waals surface area contributed by atoms with E-state index in [1.807, 2.05) is 34.1 Å². The van der Waals surface area contributed by atoms with Crippen LogP contribution in [0.2, 0.25) is 0 Å². The van der Waals surface area contributed by atoms with Crippen LogP contribution < -0.4 is 0 Å². The molecule has 13 heavy (non-hydrogen) atoms. The molecule has 0 aliphatic carbocycles. The maximum atomic E-state index is 11.2. The van der Waals surface area contributed by atoms with Crippen LogP contribution in [0.4, 0.5) is 0 Å². The molecule has 0 aromatic heterocycles. The van der Waals surface area contributed by atoms with Gasteiger partial charge in [0.25, 0.3) is 0 Å². The largest absolute Gasteiger partial charge is 0.498 e. The Morgan fingerprint density at radius 3 is 2.15 bits per heavy atom. The Morgan fingerprint density at radius 2 is 1.85 bits per heavy atom. The standard InChI is InChI=1S/C9H17O2.2Rf/c1-5-7-11-8(10)9(3,4)6-2;;/h5H,6-7H2,1-4H3;;/q-1;;. The number of carbonyl (C=O) groups is 1. The van der Waals surface area contributed by atoms with Crippen molar-refractivity contribution in [1.29, 1.82) is 0 Å². The van der Waals surface area contributed by atoms with E-state index in [1.165, 1.54) is 0 Å². The van der Waals surface area contributed by atoms with Crippen LogP contribution in [0.1, 0.15) is 34.1 Å². The summed E-state index contributed by atoms with van der Waals surface area (Å²) < 4.78 is 4.95. The minimum Gasteiger partial charge on any atom is -0.498 e. The van der Waals surface area contributed by atoms with Gasteiger partial charge < -0.3 is 4.74 Å². The molecule has 0 saturated heterocycles. The average molecular weight is 691 g/mol. The molecule has 0 saturated carbocycles. The third-order valence-electron chi connectivity index (χ3n) is 1.82. The Bertz CT molecular complexity index is 136. The molecule has 0 radical (unpaired) electrons. The zero-order chi connectivity index (χ0) is 8.91. The Kier molecular flexibility index (Phi) is 8.02. The van der Waals surface area contributed by atoms with Crippen molar-refractivity contribution in [3.05, 3.63) is 6.42 Å². The first-order valence-corrected chi connectivity index (χ1v) is 3.99. The second-order valence-corrected chi connectivity index (χ2v) is 3.24. The molecule has 0 aliphatic rings. The van der Waals surface area contributed by atoms with E-state index >= 15 is 0 Å². The molecule has 0 atom stereocenters. The summed E-state index contributed by atoms with van der Waals surface area (Å²) in [5, 5.41) is 0. The van der Waals surface area contributed by atoms with Crippen LogP contribution in [0.15, 0.2) is 0 Å². The van der Waals surface area contributed by atoms with Gasteiger partial charge in [-0.3, -0.25) is 11.2 Å². The van der Waals surface area contributed by atoms with Crippen LogP contribution in [0.3, 0.4) is 0 Å². The zero-order valence-electron chi connectivity index (χ0n) is 9.22. The second kappa shape index (κ2) is 6.20. The first kappa shape index (κ1) is 16.8. The van der Waals surface area contributed by atoms with Crippen LogP contribution in [0.5, 0.6) is 0 Å². The predicted molar refractivity (Wildman–Crippen MR) is 45.0 cm³/mol. The SMILES string of the molecule is C[CH-]COC(=O)C(C)(C)CC.[Rf].[Rf]. The third-order valence-corrected chi connectivity index (χ3v) is 1.82. The molecule has 0 fully saturated rings. The van der Waals surface area contributed by atoms with E-state index in [4.69, 9.17) is 4.74 Å². The molecular weight excluding hydrogens is 674 g/mol. The van der Waals surface area contributed by atoms with Gasteiger partial charge in [0.05, 0.1) is 5.41 Å². The number of rotatable bonds is 4. The molecule has 0 rings (SSSR count). The van der Waals surface area contributed by atoms with Gasteiger partial charge in [0.1, 0.15) is 0 Å². The van der Waals surface area contributed by atoms with Gasteiger partial charge in [0.2, 0.25) is 0 Å². The maximum Gasteiger partial charge on any atom is 0.308 e. The average Bonchev–Trinajstić information content (AvgIpc) is 2.00. The minimum absolute atomic E-state index is 0. The summed E-state index contributed by atoms with van der Waals surface area (Å²) in [6.07, 6.45) is 2.64. The molecule has 0 spiro atoms. The van der Waals surface area contributed by atoms with E-state index in [0.717, 1.165) is 6.42 Å². The van der Waals surface area contributed by atoms with Gasteiger partial charge in [-0.25, -0.2) is 0 Å². The van der Waals surface area contributed by atoms with E-state index in [9.17, 15) is 4.79 Å². The number of hydrogen-bond donors (Lipinski definition) is 0. The maximum absolute atomic E-state index is 11.2. The molecule has 0 aromatic rings. The van der Waals surface area contributed by atoms with E-state index in [-0.39, 0.29) is 11.4 Å². The van der Waals surface area contributed by atoms with Crippen molar-refractivity contribution in [1.82, 2.24) is 0 Å². The minimum atomic E-state index is -0.330. The fourth-order valence-corrected chi connectivity index (χ4v) is 0.499. The van der Waals surface area contributed by atoms with Crippen molar-refractivity contribution < 1.29 is 9.53 Å². The number of hydrogen-bond acceptors (Lipinski definition) is 2. The van der Waals surface area contributed by atoms with Crippen LogP contribution >= 0.6 is 0 Å². The van der Waals surface area contributed by atoms with Crippen LogP contribution in [0.25, 0.3) is 0 Å². The van der Waals surface area contributed by atoms with Gasteiger partial charge in [-0.2, -0.15) is 6.92 Å². The van der Waals surface area contributed by atoms with Crippen LogP contribution in [-0.4, -0.2) is 12.6 Å². The molecule has 0 heterocycles. The summed E-state index contributed by atoms with van der Waals surface area (Å²) in [4.78, 5) is 11.2. The molecule has 2 nitrogen and oxygen atoms in total. The molecular formula is C9H17O2Rf2-. The van der Waals surface area contributed by atoms with E-state index in [0.29, 0.717) is 6.61 Å². The van der Waals surface area contributed by atoms with Crippen molar-refractivity contribution >= 4 is 5.97 Å². The van der Waals surface area contributed by atoms with E-state index < -0.39 is 0 Å². The number of esters is 1. The normalized spacial score (nSPS) is 9.54. The first-order valence-electron chi connectivity index (χ1n) is 3.99. The number of carbonyl (C=O) groups excluding carboxylic acids is 1. The molecule has 0 unspecified atom stereocenters. The zero-order valence-corrected chi connectivity index (χ0v) is 22.0. The molecule has 4 heteroatoms. The van der Waals surface area contributed by atoms with Crippen molar-refractivity contribution in [2.45, 2.75) is 34.1 Å². The van der Waals surface area contributed by atoms with Crippen LogP contribution in [0, 0.1) is 11.8 Å². The van der Waals surface area contributed by atoms with Crippen LogP contribution in [-0.2, 0) is 9.53 Å². The molecule has 0 aromatic carbocycles. The summed E-state index contributed by atoms with van der Waals surface area (Å²) in [7, 11) is 0. The smallest absolute Gasteiger partial charge is 0.308 e. The van der Waals surface area contributed by atoms with Gasteiger partial charge >= 0.3 is 5.97 Å². The van der Waals surface area contributed by atoms with Gasteiger partial charge in [-0.05, 0) is 26.9 Å². The fraction of sp³-hybridized carbons (Fsp3) is 0.778. The monoisotopic (exact) mass is 691 g/mol. The topological polar surface area (TPSA) is 26.3 Å². The summed E-state index contributed by atoms with van der Waals surface area (Å²) in [5.74, 6) is -0.113. The summed E-state index contributed by atoms with van der Waals surface area (Å²) in [6.45, 7) is 8.06. The van der Waals surface area contributed by atoms with Crippen molar-refractivity contribution in [2.75, 3.05) is 6.61 Å². The summed E-state index contributed by atoms with van der Waals surface area (Å²) >= 11 is 0. The van der Waals surface area contributed by atoms with Crippen molar-refractivity contribution in [2.24, 2.45) is 5.41 Å². The predicted octanol–water partition coefficient (Wildman–Crippen LogP) is 2.19. The van der Waals surface area contributed by atoms with E-state index in [2.05, 4.69) is 0 Å². The molecule has 0 bridgehead atoms. The Hall–Kier alpha value is -2.53. The summed E-state index contributed by atoms with van der Waals surface area (Å²) in [5.41, 5.74) is -0.330. The molecule has 0 N–H and O–H groups in total. The van der Waals surface area contributed by atoms with Gasteiger partial charge in [0, 0.05) is 0 Å². The first-order chi connectivity index (χ1) is 5.04. The summed E-state index contributed by atoms with van der Waals surface area (Å²) in [6, 6.07) is 0. The van der Waals surface area contributed by atoms with Crippen molar-refractivity contribution in [3.8, 4) is 0 Å². The van der Waals surface area contributed by atoms with E-state index in [1.54, 1.807) is 0 Å². The third kappa shape index (κ3) is 4.82. The molecule has 70 valence electrons. The van der Waals surface area contributed by atoms with Gasteiger partial charge in [-0.1, -0.05) is 6.92 Å². The van der Waals surface area contributed by atoms with Gasteiger partial charge in [0.15, 0.2) is 0 Å². The molecule has 0 aliphatic heterocycles. The Labute approximate surface area is 68.9 Å². The Morgan fingerprint density at radius 1 is 1.38 bits per heavy atom. The number of ether oxygens (including phenoxy) is 1. The quantitative estimate of drug-likeness (QED) is 0.334. The fourth-order valence-electron chi connectivity index (χ4n) is 0.499. The Balaban J connectivity index is -0.000000500. The van der Waals surface area contributed by atoms with Gasteiger partial charge in [-0.15, -0.1) is 0 Å². The molecule has 0 amide bonds. The second-order valence-electron chi connectivity index (χ2n) is 3.24. The van der Waals surface area contributed by atoms with Crippen molar-refractivity contribution in [3.63, 3.8) is 0 Å².